The van der Waals surface area contributed by atoms with E-state index in [1.807, 2.05) is 31.2 Å². The van der Waals surface area contributed by atoms with Gasteiger partial charge >= 0.3 is 0 Å². The Bertz CT molecular complexity index is 977. The number of aromatic nitrogens is 6. The molecule has 0 saturated carbocycles. The summed E-state index contributed by atoms with van der Waals surface area (Å²) in [7, 11) is 0. The molecule has 0 aliphatic carbocycles. The lowest BCUT2D eigenvalue weighted by molar-refractivity contribution is 0.581. The number of benzene rings is 1. The Hall–Kier alpha value is -3.06. The second kappa shape index (κ2) is 5.86. The molecule has 0 amide bonds. The zero-order valence-electron chi connectivity index (χ0n) is 12.6. The van der Waals surface area contributed by atoms with Crippen LogP contribution < -0.4 is 0 Å². The zero-order valence-corrected chi connectivity index (χ0v) is 13.3. The molecule has 3 aromatic heterocycles. The van der Waals surface area contributed by atoms with Crippen LogP contribution >= 0.6 is 11.6 Å². The number of hydrogen-bond donors (Lipinski definition) is 0. The van der Waals surface area contributed by atoms with Crippen LogP contribution in [-0.4, -0.2) is 30.2 Å². The Labute approximate surface area is 141 Å². The third-order valence-electron chi connectivity index (χ3n) is 3.50. The molecule has 24 heavy (non-hydrogen) atoms. The summed E-state index contributed by atoms with van der Waals surface area (Å²) >= 11 is 5.89. The summed E-state index contributed by atoms with van der Waals surface area (Å²) in [6.45, 7) is 1.88. The van der Waals surface area contributed by atoms with Crippen molar-refractivity contribution in [2.45, 2.75) is 6.92 Å². The third-order valence-corrected chi connectivity index (χ3v) is 3.76. The molecule has 0 spiro atoms. The van der Waals surface area contributed by atoms with Crippen molar-refractivity contribution in [2.24, 2.45) is 0 Å². The highest BCUT2D eigenvalue weighted by atomic mass is 35.5. The Kier molecular flexibility index (Phi) is 3.55. The van der Waals surface area contributed by atoms with Gasteiger partial charge in [-0.1, -0.05) is 16.8 Å². The average Bonchev–Trinajstić information content (AvgIpc) is 3.23. The van der Waals surface area contributed by atoms with E-state index >= 15 is 0 Å². The fourth-order valence-corrected chi connectivity index (χ4v) is 2.41. The van der Waals surface area contributed by atoms with Gasteiger partial charge in [0.1, 0.15) is 0 Å². The lowest BCUT2D eigenvalue weighted by Gasteiger charge is -2.01. The molecular formula is C16H11ClN6O. The van der Waals surface area contributed by atoms with Crippen LogP contribution in [0, 0.1) is 6.92 Å². The second-order valence-electron chi connectivity index (χ2n) is 5.07. The summed E-state index contributed by atoms with van der Waals surface area (Å²) in [6, 6.07) is 10.9. The van der Waals surface area contributed by atoms with E-state index in [0.717, 1.165) is 16.9 Å². The molecule has 0 fully saturated rings. The number of nitrogens with zero attached hydrogens (tertiary/aromatic N) is 6. The number of halogens is 1. The molecule has 118 valence electrons. The molecule has 4 aromatic rings. The molecule has 0 unspecified atom stereocenters. The van der Waals surface area contributed by atoms with Crippen LogP contribution in [0.3, 0.4) is 0 Å². The van der Waals surface area contributed by atoms with Crippen LogP contribution in [0.4, 0.5) is 0 Å². The van der Waals surface area contributed by atoms with Crippen molar-refractivity contribution in [3.05, 3.63) is 59.5 Å². The number of pyridine rings is 1. The second-order valence-corrected chi connectivity index (χ2v) is 5.50. The normalized spacial score (nSPS) is 10.9. The van der Waals surface area contributed by atoms with Gasteiger partial charge in [0.15, 0.2) is 5.69 Å². The van der Waals surface area contributed by atoms with Gasteiger partial charge in [-0.05, 0) is 43.3 Å². The van der Waals surface area contributed by atoms with Crippen LogP contribution in [0.2, 0.25) is 5.02 Å². The maximum Gasteiger partial charge on any atom is 0.270 e. The molecule has 0 bridgehead atoms. The predicted molar refractivity (Wildman–Crippen MR) is 87.6 cm³/mol. The lowest BCUT2D eigenvalue weighted by atomic mass is 10.2. The van der Waals surface area contributed by atoms with Crippen molar-refractivity contribution in [2.75, 3.05) is 0 Å². The smallest absolute Gasteiger partial charge is 0.270 e. The van der Waals surface area contributed by atoms with Crippen molar-refractivity contribution in [3.8, 4) is 28.7 Å². The summed E-state index contributed by atoms with van der Waals surface area (Å²) in [4.78, 5) is 4.08. The first kappa shape index (κ1) is 14.5. The predicted octanol–water partition coefficient (Wildman–Crippen LogP) is 3.34. The van der Waals surface area contributed by atoms with Crippen LogP contribution in [0.5, 0.6) is 0 Å². The SMILES string of the molecule is Cc1c(-c2nnc(-c3ccc(Cl)cc3)o2)nnn1-c1cccnc1. The van der Waals surface area contributed by atoms with Crippen LogP contribution in [0.25, 0.3) is 28.7 Å². The highest BCUT2D eigenvalue weighted by Gasteiger charge is 2.18. The van der Waals surface area contributed by atoms with E-state index in [1.54, 1.807) is 29.2 Å². The van der Waals surface area contributed by atoms with E-state index in [4.69, 9.17) is 16.0 Å². The molecular weight excluding hydrogens is 328 g/mol. The van der Waals surface area contributed by atoms with Crippen LogP contribution in [0.15, 0.2) is 53.2 Å². The lowest BCUT2D eigenvalue weighted by Crippen LogP contribution is -1.99. The fourth-order valence-electron chi connectivity index (χ4n) is 2.28. The highest BCUT2D eigenvalue weighted by Crippen LogP contribution is 2.26. The van der Waals surface area contributed by atoms with Gasteiger partial charge < -0.3 is 4.42 Å². The Balaban J connectivity index is 1.71. The third kappa shape index (κ3) is 2.55. The van der Waals surface area contributed by atoms with Gasteiger partial charge in [0.2, 0.25) is 5.89 Å². The van der Waals surface area contributed by atoms with E-state index in [9.17, 15) is 0 Å². The molecule has 0 atom stereocenters. The van der Waals surface area contributed by atoms with Crippen molar-refractivity contribution < 1.29 is 4.42 Å². The summed E-state index contributed by atoms with van der Waals surface area (Å²) in [6.07, 6.45) is 3.41. The first-order valence-corrected chi connectivity index (χ1v) is 7.53. The topological polar surface area (TPSA) is 82.5 Å². The van der Waals surface area contributed by atoms with Crippen LogP contribution in [0.1, 0.15) is 5.69 Å². The molecule has 8 heteroatoms. The van der Waals surface area contributed by atoms with Gasteiger partial charge in [-0.25, -0.2) is 4.68 Å². The van der Waals surface area contributed by atoms with Gasteiger partial charge in [-0.3, -0.25) is 4.98 Å². The first-order chi connectivity index (χ1) is 11.7. The van der Waals surface area contributed by atoms with E-state index in [1.165, 1.54) is 0 Å². The standard InChI is InChI=1S/C16H11ClN6O/c1-10-14(19-22-23(10)13-3-2-8-18-9-13)16-21-20-15(24-16)11-4-6-12(17)7-5-11/h2-9H,1H3. The monoisotopic (exact) mass is 338 g/mol. The summed E-state index contributed by atoms with van der Waals surface area (Å²) in [5, 5.41) is 17.1. The number of hydrogen-bond acceptors (Lipinski definition) is 6. The minimum Gasteiger partial charge on any atom is -0.414 e. The fraction of sp³-hybridized carbons (Fsp3) is 0.0625. The summed E-state index contributed by atoms with van der Waals surface area (Å²) in [5.74, 6) is 0.713. The average molecular weight is 339 g/mol. The van der Waals surface area contributed by atoms with E-state index < -0.39 is 0 Å². The van der Waals surface area contributed by atoms with Crippen LogP contribution in [-0.2, 0) is 0 Å². The van der Waals surface area contributed by atoms with E-state index in [2.05, 4.69) is 25.5 Å². The summed E-state index contributed by atoms with van der Waals surface area (Å²) < 4.78 is 7.40. The molecule has 0 N–H and O–H groups in total. The van der Waals surface area contributed by atoms with Gasteiger partial charge in [0.25, 0.3) is 5.89 Å². The Morgan fingerprint density at radius 2 is 1.79 bits per heavy atom. The molecule has 1 aromatic carbocycles. The molecule has 0 aliphatic heterocycles. The Morgan fingerprint density at radius 1 is 1.00 bits per heavy atom. The quantitative estimate of drug-likeness (QED) is 0.569. The maximum absolute atomic E-state index is 5.89. The number of rotatable bonds is 3. The van der Waals surface area contributed by atoms with E-state index in [0.29, 0.717) is 22.5 Å². The Morgan fingerprint density at radius 3 is 2.54 bits per heavy atom. The maximum atomic E-state index is 5.89. The van der Waals surface area contributed by atoms with Crippen molar-refractivity contribution in [1.82, 2.24) is 30.2 Å². The van der Waals surface area contributed by atoms with Crippen molar-refractivity contribution >= 4 is 11.6 Å². The van der Waals surface area contributed by atoms with Gasteiger partial charge in [-0.2, -0.15) is 0 Å². The van der Waals surface area contributed by atoms with Crippen molar-refractivity contribution in [1.29, 1.82) is 0 Å². The zero-order chi connectivity index (χ0) is 16.5. The van der Waals surface area contributed by atoms with Crippen molar-refractivity contribution in [3.63, 3.8) is 0 Å². The minimum atomic E-state index is 0.313. The minimum absolute atomic E-state index is 0.313. The molecule has 0 saturated heterocycles. The highest BCUT2D eigenvalue weighted by molar-refractivity contribution is 6.30. The van der Waals surface area contributed by atoms with Gasteiger partial charge in [-0.15, -0.1) is 15.3 Å². The van der Waals surface area contributed by atoms with Gasteiger partial charge in [0.05, 0.1) is 17.6 Å². The molecule has 3 heterocycles. The molecule has 7 nitrogen and oxygen atoms in total. The summed E-state index contributed by atoms with van der Waals surface area (Å²) in [5.41, 5.74) is 2.92. The molecule has 0 aliphatic rings. The first-order valence-electron chi connectivity index (χ1n) is 7.15. The van der Waals surface area contributed by atoms with E-state index in [-0.39, 0.29) is 0 Å². The largest absolute Gasteiger partial charge is 0.414 e. The molecule has 0 radical (unpaired) electrons. The van der Waals surface area contributed by atoms with Gasteiger partial charge in [0, 0.05) is 16.8 Å². The molecule has 4 rings (SSSR count).